The van der Waals surface area contributed by atoms with Crippen molar-refractivity contribution in [2.24, 2.45) is 23.7 Å². The number of rotatable bonds is 6. The van der Waals surface area contributed by atoms with E-state index < -0.39 is 63.6 Å². The molecule has 0 spiro atoms. The average Bonchev–Trinajstić information content (AvgIpc) is 3.51. The zero-order valence-corrected chi connectivity index (χ0v) is 30.0. The van der Waals surface area contributed by atoms with Crippen LogP contribution >= 0.6 is 23.2 Å². The first-order valence-electron chi connectivity index (χ1n) is 17.2. The van der Waals surface area contributed by atoms with E-state index in [1.165, 1.54) is 11.0 Å². The molecule has 4 amide bonds. The third kappa shape index (κ3) is 5.48. The number of hydrogen-bond donors (Lipinski definition) is 2. The first-order valence-corrected chi connectivity index (χ1v) is 18.0. The highest BCUT2D eigenvalue weighted by molar-refractivity contribution is 6.33. The van der Waals surface area contributed by atoms with Crippen LogP contribution in [-0.2, 0) is 37.3 Å². The number of nitrogens with zero attached hydrogens (tertiary/aromatic N) is 3. The van der Waals surface area contributed by atoms with Crippen LogP contribution < -0.4 is 5.43 Å². The molecule has 1 aromatic heterocycles. The van der Waals surface area contributed by atoms with Crippen LogP contribution in [0, 0.1) is 30.6 Å². The van der Waals surface area contributed by atoms with Crippen LogP contribution in [0.2, 0.25) is 10.0 Å². The van der Waals surface area contributed by atoms with E-state index >= 15 is 4.79 Å². The van der Waals surface area contributed by atoms with Crippen molar-refractivity contribution >= 4 is 52.6 Å². The Kier molecular flexibility index (Phi) is 8.61. The summed E-state index contributed by atoms with van der Waals surface area (Å²) in [5.74, 6) is -6.64. The summed E-state index contributed by atoms with van der Waals surface area (Å²) in [5, 5.41) is 11.2. The van der Waals surface area contributed by atoms with Crippen molar-refractivity contribution in [1.29, 1.82) is 0 Å². The Morgan fingerprint density at radius 2 is 1.65 bits per heavy atom. The summed E-state index contributed by atoms with van der Waals surface area (Å²) in [6, 6.07) is 21.2. The molecule has 276 valence electrons. The predicted molar refractivity (Wildman–Crippen MR) is 192 cm³/mol. The Balaban J connectivity index is 1.29. The van der Waals surface area contributed by atoms with Crippen molar-refractivity contribution in [1.82, 2.24) is 14.9 Å². The number of carbonyl (C=O) groups excluding carboxylic acids is 4. The van der Waals surface area contributed by atoms with Gasteiger partial charge in [-0.25, -0.2) is 4.98 Å². The summed E-state index contributed by atoms with van der Waals surface area (Å²) >= 11 is 12.6. The minimum Gasteiger partial charge on any atom is -0.508 e. The maximum Gasteiger partial charge on any atom is 0.417 e. The van der Waals surface area contributed by atoms with Gasteiger partial charge in [-0.1, -0.05) is 89.4 Å². The zero-order chi connectivity index (χ0) is 38.3. The lowest BCUT2D eigenvalue weighted by molar-refractivity contribution is -0.142. The molecule has 3 heterocycles. The highest BCUT2D eigenvalue weighted by Crippen LogP contribution is 2.64. The minimum atomic E-state index is -4.74. The van der Waals surface area contributed by atoms with Crippen LogP contribution in [0.3, 0.4) is 0 Å². The number of carbonyl (C=O) groups is 4. The minimum absolute atomic E-state index is 0.00167. The SMILES string of the molecule is Cc1cc(C2C3=CCC4C(=O)N(Cc5ccccc5)C(=O)C4C3CC3C(=O)N(Nc4ncc(C(F)(F)F)cc4Cl)C(=O)C32c2ccc(Cl)cc2)ccc1O. The molecule has 4 aromatic rings. The number of phenols is 1. The van der Waals surface area contributed by atoms with Crippen molar-refractivity contribution in [3.05, 3.63) is 135 Å². The van der Waals surface area contributed by atoms with Crippen molar-refractivity contribution in [3.8, 4) is 5.75 Å². The summed E-state index contributed by atoms with van der Waals surface area (Å²) in [6.45, 7) is 1.79. The molecule has 3 aromatic carbocycles. The largest absolute Gasteiger partial charge is 0.508 e. The second kappa shape index (κ2) is 13.0. The first kappa shape index (κ1) is 35.8. The molecule has 1 saturated carbocycles. The number of hydrazine groups is 1. The van der Waals surface area contributed by atoms with Gasteiger partial charge in [0.15, 0.2) is 5.82 Å². The first-order chi connectivity index (χ1) is 25.7. The fraction of sp³-hybridized carbons (Fsp3) is 0.275. The number of aryl methyl sites for hydroxylation is 1. The van der Waals surface area contributed by atoms with Crippen molar-refractivity contribution in [3.63, 3.8) is 0 Å². The van der Waals surface area contributed by atoms with E-state index in [0.29, 0.717) is 39.5 Å². The van der Waals surface area contributed by atoms with E-state index in [2.05, 4.69) is 10.4 Å². The second-order valence-electron chi connectivity index (χ2n) is 14.2. The third-order valence-corrected chi connectivity index (χ3v) is 11.9. The summed E-state index contributed by atoms with van der Waals surface area (Å²) in [6.07, 6.45) is -2.07. The number of imide groups is 2. The zero-order valence-electron chi connectivity index (χ0n) is 28.5. The number of fused-ring (bicyclic) bond motifs is 4. The molecular formula is C40H31Cl2F3N4O5. The third-order valence-electron chi connectivity index (χ3n) is 11.4. The number of amides is 4. The van der Waals surface area contributed by atoms with Crippen LogP contribution in [0.4, 0.5) is 19.0 Å². The van der Waals surface area contributed by atoms with Crippen molar-refractivity contribution in [2.75, 3.05) is 5.43 Å². The highest BCUT2D eigenvalue weighted by atomic mass is 35.5. The maximum atomic E-state index is 15.3. The van der Waals surface area contributed by atoms with E-state index in [0.717, 1.165) is 10.6 Å². The average molecular weight is 776 g/mol. The Morgan fingerprint density at radius 3 is 2.31 bits per heavy atom. The number of alkyl halides is 3. The molecule has 2 saturated heterocycles. The second-order valence-corrected chi connectivity index (χ2v) is 15.1. The Hall–Kier alpha value is -5.20. The molecule has 0 bridgehead atoms. The monoisotopic (exact) mass is 774 g/mol. The van der Waals surface area contributed by atoms with E-state index in [9.17, 15) is 32.7 Å². The van der Waals surface area contributed by atoms with E-state index in [4.69, 9.17) is 23.2 Å². The molecule has 6 unspecified atom stereocenters. The molecule has 2 aliphatic heterocycles. The smallest absolute Gasteiger partial charge is 0.417 e. The van der Waals surface area contributed by atoms with Crippen LogP contribution in [0.25, 0.3) is 0 Å². The normalized spacial score (nSPS) is 26.4. The van der Waals surface area contributed by atoms with Gasteiger partial charge in [0.05, 0.1) is 40.3 Å². The van der Waals surface area contributed by atoms with Crippen LogP contribution in [0.1, 0.15) is 46.6 Å². The van der Waals surface area contributed by atoms with Crippen LogP contribution in [0.5, 0.6) is 5.75 Å². The molecule has 14 heteroatoms. The van der Waals surface area contributed by atoms with Crippen molar-refractivity contribution < 1.29 is 37.5 Å². The highest BCUT2D eigenvalue weighted by Gasteiger charge is 2.70. The number of allylic oxidation sites excluding steroid dienone is 2. The molecule has 2 N–H and O–H groups in total. The molecule has 8 rings (SSSR count). The molecule has 54 heavy (non-hydrogen) atoms. The number of aromatic hydroxyl groups is 1. The van der Waals surface area contributed by atoms with E-state index in [1.807, 2.05) is 36.4 Å². The molecule has 6 atom stereocenters. The Bertz CT molecular complexity index is 2270. The van der Waals surface area contributed by atoms with Crippen LogP contribution in [-0.4, -0.2) is 43.6 Å². The van der Waals surface area contributed by atoms with Gasteiger partial charge in [-0.2, -0.15) is 18.2 Å². The lowest BCUT2D eigenvalue weighted by atomic mass is 9.49. The number of anilines is 1. The molecular weight excluding hydrogens is 744 g/mol. The molecule has 4 aliphatic rings. The molecule has 3 fully saturated rings. The molecule has 9 nitrogen and oxygen atoms in total. The molecule has 2 aliphatic carbocycles. The number of nitrogens with one attached hydrogen (secondary N) is 1. The van der Waals surface area contributed by atoms with Crippen LogP contribution in [0.15, 0.2) is 96.7 Å². The van der Waals surface area contributed by atoms with Gasteiger partial charge in [0.1, 0.15) is 5.75 Å². The summed E-state index contributed by atoms with van der Waals surface area (Å²) in [4.78, 5) is 63.4. The molecule has 0 radical (unpaired) electrons. The fourth-order valence-corrected chi connectivity index (χ4v) is 9.34. The lowest BCUT2D eigenvalue weighted by Gasteiger charge is -2.50. The quantitative estimate of drug-likeness (QED) is 0.153. The summed E-state index contributed by atoms with van der Waals surface area (Å²) in [7, 11) is 0. The standard InChI is InChI=1S/C40H31Cl2F3N4O5/c1-20-15-22(7-14-31(20)50)33-26-12-13-27-32(37(53)48(35(27)51)19-21-5-3-2-4-6-21)28(26)17-29-36(52)49(38(54)39(29,33)23-8-10-25(41)11-9-23)47-34-30(42)16-24(18-46-34)40(43,44)45/h2-12,14-16,18,27-29,32-33,50H,13,17,19H2,1H3,(H,46,47). The number of pyridine rings is 1. The van der Waals surface area contributed by atoms with Gasteiger partial charge < -0.3 is 5.11 Å². The Labute approximate surface area is 317 Å². The van der Waals surface area contributed by atoms with E-state index in [-0.39, 0.29) is 42.8 Å². The van der Waals surface area contributed by atoms with Gasteiger partial charge in [0, 0.05) is 17.1 Å². The van der Waals surface area contributed by atoms with Gasteiger partial charge in [-0.15, -0.1) is 0 Å². The number of benzene rings is 3. The summed E-state index contributed by atoms with van der Waals surface area (Å²) < 4.78 is 40.4. The topological polar surface area (TPSA) is 120 Å². The van der Waals surface area contributed by atoms with Gasteiger partial charge in [0.25, 0.3) is 11.8 Å². The van der Waals surface area contributed by atoms with Gasteiger partial charge in [-0.05, 0) is 72.2 Å². The van der Waals surface area contributed by atoms with Gasteiger partial charge >= 0.3 is 6.18 Å². The number of hydrogen-bond acceptors (Lipinski definition) is 7. The summed E-state index contributed by atoms with van der Waals surface area (Å²) in [5.41, 5.74) is 2.82. The van der Waals surface area contributed by atoms with E-state index in [1.54, 1.807) is 43.3 Å². The van der Waals surface area contributed by atoms with Gasteiger partial charge in [-0.3, -0.25) is 29.5 Å². The Morgan fingerprint density at radius 1 is 0.926 bits per heavy atom. The predicted octanol–water partition coefficient (Wildman–Crippen LogP) is 7.61. The number of phenolic OH excluding ortho intramolecular Hbond substituents is 1. The fourth-order valence-electron chi connectivity index (χ4n) is 9.00. The number of halogens is 5. The van der Waals surface area contributed by atoms with Gasteiger partial charge in [0.2, 0.25) is 11.8 Å². The van der Waals surface area contributed by atoms with Crippen molar-refractivity contribution in [2.45, 2.75) is 43.8 Å². The number of likely N-dealkylation sites (tertiary alicyclic amines) is 1. The lowest BCUT2D eigenvalue weighted by Crippen LogP contribution is -2.53. The maximum absolute atomic E-state index is 15.3. The number of aromatic nitrogens is 1.